The first kappa shape index (κ1) is 35.4. The molecule has 3 aromatic carbocycles. The largest absolute Gasteiger partial charge is 0.341 e. The minimum Gasteiger partial charge on any atom is -0.341 e. The molecule has 0 unspecified atom stereocenters. The van der Waals surface area contributed by atoms with E-state index in [0.717, 1.165) is 22.0 Å². The van der Waals surface area contributed by atoms with Crippen molar-refractivity contribution in [3.8, 4) is 17.2 Å². The lowest BCUT2D eigenvalue weighted by Gasteiger charge is -2.27. The summed E-state index contributed by atoms with van der Waals surface area (Å²) in [4.78, 5) is 65.9. The highest BCUT2D eigenvalue weighted by molar-refractivity contribution is 6.35. The van der Waals surface area contributed by atoms with Crippen LogP contribution in [0.2, 0.25) is 10.0 Å². The molecule has 0 saturated heterocycles. The van der Waals surface area contributed by atoms with E-state index in [1.54, 1.807) is 25.5 Å². The second kappa shape index (κ2) is 12.9. The molecule has 1 aliphatic heterocycles. The number of nitrogens with one attached hydrogen (secondary N) is 2. The van der Waals surface area contributed by atoms with Crippen molar-refractivity contribution in [3.05, 3.63) is 124 Å². The van der Waals surface area contributed by atoms with E-state index in [1.165, 1.54) is 27.8 Å². The summed E-state index contributed by atoms with van der Waals surface area (Å²) in [5, 5.41) is 15.4. The number of carbonyl (C=O) groups excluding carboxylic acids is 3. The van der Waals surface area contributed by atoms with Gasteiger partial charge in [0.05, 0.1) is 27.4 Å². The van der Waals surface area contributed by atoms with Crippen molar-refractivity contribution in [1.29, 1.82) is 5.26 Å². The number of nitrogens with zero attached hydrogens (tertiary/aromatic N) is 8. The van der Waals surface area contributed by atoms with Gasteiger partial charge in [-0.15, -0.1) is 0 Å². The minimum absolute atomic E-state index is 0.0436. The van der Waals surface area contributed by atoms with Gasteiger partial charge in [0, 0.05) is 36.0 Å². The van der Waals surface area contributed by atoms with Crippen molar-refractivity contribution < 1.29 is 18.8 Å². The SMILES string of the molecule is C[C@@]1(Cc2ccc(-c3cnc(C#N)nc3)cc2)C(=O)N(c2cc(Cl)c(F)c(Cl)c2)c2ncc(C(=O)NC3(C(=O)NC4(c5ncc6ccccc6n5)CC4)CC3)n21. The summed E-state index contributed by atoms with van der Waals surface area (Å²) in [6.45, 7) is 1.69. The molecule has 2 fully saturated rings. The number of benzene rings is 3. The van der Waals surface area contributed by atoms with Crippen LogP contribution in [0.1, 0.15) is 60.3 Å². The zero-order valence-corrected chi connectivity index (χ0v) is 31.1. The van der Waals surface area contributed by atoms with E-state index in [2.05, 4.69) is 30.6 Å². The average Bonchev–Trinajstić information content (AvgIpc) is 4.11. The van der Waals surface area contributed by atoms with Crippen LogP contribution in [0.15, 0.2) is 85.5 Å². The number of para-hydroxylation sites is 1. The predicted octanol–water partition coefficient (Wildman–Crippen LogP) is 6.30. The molecule has 2 aliphatic carbocycles. The molecule has 0 bridgehead atoms. The van der Waals surface area contributed by atoms with Crippen LogP contribution in [0.5, 0.6) is 0 Å². The zero-order valence-electron chi connectivity index (χ0n) is 29.6. The Labute approximate surface area is 328 Å². The highest BCUT2D eigenvalue weighted by atomic mass is 35.5. The summed E-state index contributed by atoms with van der Waals surface area (Å²) in [5.41, 5.74) is -0.148. The van der Waals surface area contributed by atoms with E-state index in [0.29, 0.717) is 37.1 Å². The molecule has 56 heavy (non-hydrogen) atoms. The summed E-state index contributed by atoms with van der Waals surface area (Å²) in [5.74, 6) is -1.58. The highest BCUT2D eigenvalue weighted by Gasteiger charge is 2.58. The molecular weight excluding hydrogens is 758 g/mol. The lowest BCUT2D eigenvalue weighted by atomic mass is 9.90. The third kappa shape index (κ3) is 5.82. The Morgan fingerprint density at radius 2 is 1.59 bits per heavy atom. The number of amides is 3. The van der Waals surface area contributed by atoms with Crippen molar-refractivity contribution in [2.45, 2.75) is 55.6 Å². The van der Waals surface area contributed by atoms with Gasteiger partial charge >= 0.3 is 0 Å². The standard InChI is InChI=1S/C40H29Cl2FN10O3/c1-38(16-22-6-8-23(9-7-22)25-19-45-31(17-44)46-20-25)36(56)52(26-14-27(41)32(43)28(42)15-26)37-48-21-30(53(37)38)33(54)50-40(12-13-40)35(55)51-39(10-11-39)34-47-18-24-4-2-3-5-29(24)49-34/h2-9,14-15,18-21H,10-13,16H2,1H3,(H,50,54)(H,51,55)/t38-/m1/s1. The number of nitriles is 1. The molecule has 16 heteroatoms. The first-order valence-electron chi connectivity index (χ1n) is 17.7. The van der Waals surface area contributed by atoms with Gasteiger partial charge in [-0.05, 0) is 61.9 Å². The number of hydrogen-bond donors (Lipinski definition) is 2. The smallest absolute Gasteiger partial charge is 0.270 e. The van der Waals surface area contributed by atoms with Crippen LogP contribution >= 0.6 is 23.2 Å². The molecular formula is C40H29Cl2FN10O3. The molecule has 2 N–H and O–H groups in total. The van der Waals surface area contributed by atoms with E-state index in [-0.39, 0.29) is 45.5 Å². The second-order valence-electron chi connectivity index (χ2n) is 14.5. The first-order chi connectivity index (χ1) is 26.9. The van der Waals surface area contributed by atoms with Gasteiger partial charge in [-0.3, -0.25) is 19.0 Å². The highest BCUT2D eigenvalue weighted by Crippen LogP contribution is 2.47. The predicted molar refractivity (Wildman–Crippen MR) is 203 cm³/mol. The van der Waals surface area contributed by atoms with E-state index in [9.17, 15) is 18.8 Å². The summed E-state index contributed by atoms with van der Waals surface area (Å²) in [6, 6.07) is 19.4. The van der Waals surface area contributed by atoms with Gasteiger partial charge in [0.2, 0.25) is 17.7 Å². The molecule has 3 aromatic heterocycles. The van der Waals surface area contributed by atoms with Gasteiger partial charge in [0.1, 0.15) is 28.4 Å². The number of aromatic nitrogens is 6. The van der Waals surface area contributed by atoms with Crippen LogP contribution in [0, 0.1) is 17.1 Å². The average molecular weight is 788 g/mol. The van der Waals surface area contributed by atoms with E-state index < -0.39 is 34.2 Å². The van der Waals surface area contributed by atoms with Crippen LogP contribution in [0.4, 0.5) is 16.0 Å². The fourth-order valence-electron chi connectivity index (χ4n) is 7.26. The van der Waals surface area contributed by atoms with Crippen molar-refractivity contribution in [1.82, 2.24) is 40.1 Å². The fourth-order valence-corrected chi connectivity index (χ4v) is 7.74. The number of fused-ring (bicyclic) bond motifs is 2. The van der Waals surface area contributed by atoms with E-state index in [1.807, 2.05) is 54.6 Å². The quantitative estimate of drug-likeness (QED) is 0.160. The number of anilines is 2. The number of hydrogen-bond acceptors (Lipinski definition) is 9. The Bertz CT molecular complexity index is 2650. The zero-order chi connectivity index (χ0) is 39.0. The third-order valence-electron chi connectivity index (χ3n) is 10.7. The van der Waals surface area contributed by atoms with Gasteiger partial charge in [-0.25, -0.2) is 34.2 Å². The second-order valence-corrected chi connectivity index (χ2v) is 15.3. The van der Waals surface area contributed by atoms with Crippen LogP contribution in [-0.2, 0) is 27.1 Å². The van der Waals surface area contributed by atoms with E-state index in [4.69, 9.17) is 33.4 Å². The molecule has 1 atom stereocenters. The van der Waals surface area contributed by atoms with E-state index >= 15 is 0 Å². The summed E-state index contributed by atoms with van der Waals surface area (Å²) < 4.78 is 16.1. The molecule has 278 valence electrons. The monoisotopic (exact) mass is 786 g/mol. The minimum atomic E-state index is -1.44. The fraction of sp³-hybridized carbons (Fsp3) is 0.225. The number of halogens is 3. The topological polar surface area (TPSA) is 172 Å². The number of rotatable bonds is 9. The molecule has 13 nitrogen and oxygen atoms in total. The Morgan fingerprint density at radius 1 is 0.893 bits per heavy atom. The van der Waals surface area contributed by atoms with Crippen LogP contribution in [0.3, 0.4) is 0 Å². The van der Waals surface area contributed by atoms with Gasteiger partial charge in [-0.2, -0.15) is 5.26 Å². The maximum Gasteiger partial charge on any atom is 0.270 e. The Morgan fingerprint density at radius 3 is 2.25 bits per heavy atom. The molecule has 0 spiro atoms. The molecule has 9 rings (SSSR count). The lowest BCUT2D eigenvalue weighted by molar-refractivity contribution is -0.125. The Hall–Kier alpha value is -6.30. The maximum atomic E-state index is 14.6. The van der Waals surface area contributed by atoms with Gasteiger partial charge in [0.25, 0.3) is 11.8 Å². The van der Waals surface area contributed by atoms with Crippen LogP contribution < -0.4 is 15.5 Å². The summed E-state index contributed by atoms with van der Waals surface area (Å²) in [6.07, 6.45) is 8.44. The van der Waals surface area contributed by atoms with Crippen molar-refractivity contribution in [2.24, 2.45) is 0 Å². The van der Waals surface area contributed by atoms with Crippen LogP contribution in [0.25, 0.3) is 22.0 Å². The van der Waals surface area contributed by atoms with Crippen molar-refractivity contribution in [2.75, 3.05) is 4.90 Å². The molecule has 4 heterocycles. The van der Waals surface area contributed by atoms with Crippen molar-refractivity contribution in [3.63, 3.8) is 0 Å². The van der Waals surface area contributed by atoms with Crippen molar-refractivity contribution >= 4 is 63.5 Å². The number of imidazole rings is 1. The Kier molecular flexibility index (Phi) is 8.15. The Balaban J connectivity index is 1.02. The summed E-state index contributed by atoms with van der Waals surface area (Å²) in [7, 11) is 0. The molecule has 2 saturated carbocycles. The number of carbonyl (C=O) groups is 3. The molecule has 0 radical (unpaired) electrons. The molecule has 3 aliphatic rings. The van der Waals surface area contributed by atoms with Gasteiger partial charge in [-0.1, -0.05) is 65.7 Å². The van der Waals surface area contributed by atoms with Crippen LogP contribution in [-0.4, -0.2) is 52.7 Å². The molecule has 6 aromatic rings. The normalized spacial score (nSPS) is 18.6. The third-order valence-corrected chi connectivity index (χ3v) is 11.3. The lowest BCUT2D eigenvalue weighted by Crippen LogP contribution is -2.52. The van der Waals surface area contributed by atoms with Gasteiger partial charge in [0.15, 0.2) is 11.6 Å². The molecule has 3 amide bonds. The van der Waals surface area contributed by atoms with Gasteiger partial charge < -0.3 is 10.6 Å². The maximum absolute atomic E-state index is 14.6. The first-order valence-corrected chi connectivity index (χ1v) is 18.5. The summed E-state index contributed by atoms with van der Waals surface area (Å²) >= 11 is 12.4.